The van der Waals surface area contributed by atoms with Crippen molar-refractivity contribution in [2.24, 2.45) is 0 Å². The van der Waals surface area contributed by atoms with E-state index in [9.17, 15) is 9.59 Å². The molecular weight excluding hydrogens is 318 g/mol. The standard InChI is InChI=1S/C19H25N3O3/c1-18(2,3)25-17(24)22-11-9-19(4,10-12-22)15-16(23)21-14-8-6-5-7-13(14)20-15/h5-8H,9-12H2,1-4H3,(H,21,23). The molecule has 1 fully saturated rings. The molecule has 0 atom stereocenters. The quantitative estimate of drug-likeness (QED) is 0.863. The highest BCUT2D eigenvalue weighted by Gasteiger charge is 2.37. The zero-order valence-corrected chi connectivity index (χ0v) is 15.3. The maximum absolute atomic E-state index is 12.5. The van der Waals surface area contributed by atoms with Gasteiger partial charge < -0.3 is 14.6 Å². The van der Waals surface area contributed by atoms with Gasteiger partial charge in [0.25, 0.3) is 5.56 Å². The van der Waals surface area contributed by atoms with Gasteiger partial charge in [-0.05, 0) is 45.7 Å². The van der Waals surface area contributed by atoms with Crippen LogP contribution in [0.1, 0.15) is 46.2 Å². The Morgan fingerprint density at radius 3 is 2.52 bits per heavy atom. The molecule has 0 radical (unpaired) electrons. The predicted molar refractivity (Wildman–Crippen MR) is 96.8 cm³/mol. The van der Waals surface area contributed by atoms with E-state index in [0.717, 1.165) is 11.0 Å². The molecule has 1 aliphatic heterocycles. The van der Waals surface area contributed by atoms with Crippen molar-refractivity contribution in [3.05, 3.63) is 40.3 Å². The van der Waals surface area contributed by atoms with E-state index in [1.54, 1.807) is 4.90 Å². The average molecular weight is 343 g/mol. The maximum Gasteiger partial charge on any atom is 0.410 e. The molecule has 0 spiro atoms. The highest BCUT2D eigenvalue weighted by molar-refractivity contribution is 5.73. The number of nitrogens with one attached hydrogen (secondary N) is 1. The topological polar surface area (TPSA) is 75.3 Å². The van der Waals surface area contributed by atoms with Crippen molar-refractivity contribution in [3.63, 3.8) is 0 Å². The summed E-state index contributed by atoms with van der Waals surface area (Å²) in [5.74, 6) is 0. The summed E-state index contributed by atoms with van der Waals surface area (Å²) >= 11 is 0. The Bertz CT molecular complexity index is 843. The maximum atomic E-state index is 12.5. The Morgan fingerprint density at radius 2 is 1.88 bits per heavy atom. The summed E-state index contributed by atoms with van der Waals surface area (Å²) in [6.45, 7) is 8.73. The van der Waals surface area contributed by atoms with Crippen LogP contribution in [0.4, 0.5) is 4.79 Å². The van der Waals surface area contributed by atoms with Crippen LogP contribution in [0.3, 0.4) is 0 Å². The first-order valence-electron chi connectivity index (χ1n) is 8.65. The van der Waals surface area contributed by atoms with Gasteiger partial charge in [-0.3, -0.25) is 4.79 Å². The number of hydrogen-bond acceptors (Lipinski definition) is 4. The van der Waals surface area contributed by atoms with E-state index in [1.807, 2.05) is 52.0 Å². The van der Waals surface area contributed by atoms with Crippen LogP contribution < -0.4 is 5.56 Å². The third kappa shape index (κ3) is 3.67. The van der Waals surface area contributed by atoms with Crippen molar-refractivity contribution in [2.45, 2.75) is 51.6 Å². The summed E-state index contributed by atoms with van der Waals surface area (Å²) in [4.78, 5) is 34.0. The molecule has 0 bridgehead atoms. The van der Waals surface area contributed by atoms with E-state index in [-0.39, 0.29) is 17.1 Å². The highest BCUT2D eigenvalue weighted by atomic mass is 16.6. The first kappa shape index (κ1) is 17.5. The molecule has 2 heterocycles. The lowest BCUT2D eigenvalue weighted by Crippen LogP contribution is -2.47. The van der Waals surface area contributed by atoms with Crippen LogP contribution in [-0.2, 0) is 10.2 Å². The lowest BCUT2D eigenvalue weighted by molar-refractivity contribution is 0.0169. The molecule has 2 aromatic rings. The van der Waals surface area contributed by atoms with Gasteiger partial charge in [0, 0.05) is 18.5 Å². The first-order valence-corrected chi connectivity index (χ1v) is 8.65. The molecule has 3 rings (SSSR count). The van der Waals surface area contributed by atoms with Crippen molar-refractivity contribution < 1.29 is 9.53 Å². The fourth-order valence-electron chi connectivity index (χ4n) is 3.18. The Morgan fingerprint density at radius 1 is 1.24 bits per heavy atom. The number of aromatic nitrogens is 2. The number of ether oxygens (including phenoxy) is 1. The van der Waals surface area contributed by atoms with Crippen LogP contribution in [0.5, 0.6) is 0 Å². The minimum absolute atomic E-state index is 0.146. The van der Waals surface area contributed by atoms with E-state index in [2.05, 4.69) is 9.97 Å². The fourth-order valence-corrected chi connectivity index (χ4v) is 3.18. The fraction of sp³-hybridized carbons (Fsp3) is 0.526. The highest BCUT2D eigenvalue weighted by Crippen LogP contribution is 2.33. The van der Waals surface area contributed by atoms with Gasteiger partial charge in [0.05, 0.1) is 11.0 Å². The van der Waals surface area contributed by atoms with Gasteiger partial charge in [0.15, 0.2) is 0 Å². The summed E-state index contributed by atoms with van der Waals surface area (Å²) in [5.41, 5.74) is 1.08. The number of likely N-dealkylation sites (tertiary alicyclic amines) is 1. The van der Waals surface area contributed by atoms with E-state index >= 15 is 0 Å². The minimum atomic E-state index is -0.505. The molecule has 0 saturated carbocycles. The average Bonchev–Trinajstić information content (AvgIpc) is 2.53. The number of carbonyl (C=O) groups is 1. The molecule has 1 saturated heterocycles. The molecular formula is C19H25N3O3. The van der Waals surface area contributed by atoms with Crippen molar-refractivity contribution in [3.8, 4) is 0 Å². The number of amides is 1. The Kier molecular flexibility index (Phi) is 4.31. The number of rotatable bonds is 1. The van der Waals surface area contributed by atoms with Crippen LogP contribution >= 0.6 is 0 Å². The number of carbonyl (C=O) groups excluding carboxylic acids is 1. The second-order valence-electron chi connectivity index (χ2n) is 7.96. The summed E-state index contributed by atoms with van der Waals surface area (Å²) in [7, 11) is 0. The molecule has 134 valence electrons. The molecule has 25 heavy (non-hydrogen) atoms. The van der Waals surface area contributed by atoms with Gasteiger partial charge in [-0.15, -0.1) is 0 Å². The third-order valence-corrected chi connectivity index (χ3v) is 4.69. The monoisotopic (exact) mass is 343 g/mol. The number of hydrogen-bond donors (Lipinski definition) is 1. The van der Waals surface area contributed by atoms with E-state index < -0.39 is 5.60 Å². The summed E-state index contributed by atoms with van der Waals surface area (Å²) in [6.07, 6.45) is 1.07. The van der Waals surface area contributed by atoms with Crippen LogP contribution in [-0.4, -0.2) is 39.7 Å². The van der Waals surface area contributed by atoms with Gasteiger partial charge in [-0.1, -0.05) is 19.1 Å². The first-order chi connectivity index (χ1) is 11.7. The van der Waals surface area contributed by atoms with Crippen LogP contribution in [0.2, 0.25) is 0 Å². The lowest BCUT2D eigenvalue weighted by atomic mass is 9.77. The molecule has 1 aromatic heterocycles. The SMILES string of the molecule is CC(C)(C)OC(=O)N1CCC(C)(c2nc3ccccc3[nH]c2=O)CC1. The van der Waals surface area contributed by atoms with Crippen LogP contribution in [0, 0.1) is 0 Å². The van der Waals surface area contributed by atoms with Crippen LogP contribution in [0.25, 0.3) is 11.0 Å². The molecule has 0 unspecified atom stereocenters. The van der Waals surface area contributed by atoms with Gasteiger partial charge in [-0.2, -0.15) is 0 Å². The Labute approximate surface area is 147 Å². The van der Waals surface area contributed by atoms with Gasteiger partial charge in [-0.25, -0.2) is 9.78 Å². The van der Waals surface area contributed by atoms with E-state index in [1.165, 1.54) is 0 Å². The molecule has 1 aliphatic rings. The number of nitrogens with zero attached hydrogens (tertiary/aromatic N) is 2. The Balaban J connectivity index is 1.80. The largest absolute Gasteiger partial charge is 0.444 e. The van der Waals surface area contributed by atoms with Crippen molar-refractivity contribution in [1.29, 1.82) is 0 Å². The van der Waals surface area contributed by atoms with E-state index in [4.69, 9.17) is 4.74 Å². The lowest BCUT2D eigenvalue weighted by Gasteiger charge is -2.38. The van der Waals surface area contributed by atoms with Gasteiger partial charge in [0.1, 0.15) is 11.3 Å². The number of fused-ring (bicyclic) bond motifs is 1. The predicted octanol–water partition coefficient (Wildman–Crippen LogP) is 3.21. The van der Waals surface area contributed by atoms with Gasteiger partial charge >= 0.3 is 6.09 Å². The smallest absolute Gasteiger partial charge is 0.410 e. The molecule has 0 aliphatic carbocycles. The van der Waals surface area contributed by atoms with Crippen molar-refractivity contribution >= 4 is 17.1 Å². The second-order valence-corrected chi connectivity index (χ2v) is 7.96. The van der Waals surface area contributed by atoms with Crippen LogP contribution in [0.15, 0.2) is 29.1 Å². The zero-order chi connectivity index (χ0) is 18.2. The number of benzene rings is 1. The summed E-state index contributed by atoms with van der Waals surface area (Å²) < 4.78 is 5.44. The Hall–Kier alpha value is -2.37. The third-order valence-electron chi connectivity index (χ3n) is 4.69. The normalized spacial score (nSPS) is 17.5. The molecule has 1 aromatic carbocycles. The van der Waals surface area contributed by atoms with E-state index in [0.29, 0.717) is 31.6 Å². The number of H-pyrrole nitrogens is 1. The van der Waals surface area contributed by atoms with Crippen molar-refractivity contribution in [1.82, 2.24) is 14.9 Å². The summed E-state index contributed by atoms with van der Waals surface area (Å²) in [6, 6.07) is 7.53. The molecule has 1 N–H and O–H groups in total. The molecule has 1 amide bonds. The molecule has 6 heteroatoms. The molecule has 6 nitrogen and oxygen atoms in total. The van der Waals surface area contributed by atoms with Gasteiger partial charge in [0.2, 0.25) is 0 Å². The number of para-hydroxylation sites is 2. The number of piperidine rings is 1. The summed E-state index contributed by atoms with van der Waals surface area (Å²) in [5, 5.41) is 0. The number of aromatic amines is 1. The second kappa shape index (κ2) is 6.17. The van der Waals surface area contributed by atoms with Crippen molar-refractivity contribution in [2.75, 3.05) is 13.1 Å². The minimum Gasteiger partial charge on any atom is -0.444 e. The zero-order valence-electron chi connectivity index (χ0n) is 15.3.